The average Bonchev–Trinajstić information content (AvgIpc) is 3.08. The zero-order chi connectivity index (χ0) is 17.6. The summed E-state index contributed by atoms with van der Waals surface area (Å²) in [6.45, 7) is 2.66. The number of thioether (sulfide) groups is 1. The Morgan fingerprint density at radius 2 is 2.32 bits per heavy atom. The minimum atomic E-state index is -0.539. The fraction of sp³-hybridized carbons (Fsp3) is 0.250. The topological polar surface area (TPSA) is 86.1 Å². The summed E-state index contributed by atoms with van der Waals surface area (Å²) in [5.74, 6) is 0.503. The molecule has 0 atom stereocenters. The lowest BCUT2D eigenvalue weighted by molar-refractivity contribution is 0.169. The number of pyridine rings is 1. The Bertz CT molecular complexity index is 924. The molecule has 3 heterocycles. The number of fused-ring (bicyclic) bond motifs is 1. The highest BCUT2D eigenvalue weighted by Gasteiger charge is 2.11. The number of nitrogens with zero attached hydrogens (tertiary/aromatic N) is 3. The highest BCUT2D eigenvalue weighted by Crippen LogP contribution is 2.20. The van der Waals surface area contributed by atoms with Crippen LogP contribution in [0.25, 0.3) is 10.2 Å². The Labute approximate surface area is 152 Å². The molecule has 9 heteroatoms. The van der Waals surface area contributed by atoms with Crippen molar-refractivity contribution < 1.29 is 9.53 Å². The van der Waals surface area contributed by atoms with Crippen molar-refractivity contribution in [2.45, 2.75) is 18.6 Å². The molecule has 1 N–H and O–H groups in total. The van der Waals surface area contributed by atoms with Crippen LogP contribution in [0.3, 0.4) is 0 Å². The maximum Gasteiger partial charge on any atom is 0.411 e. The Kier molecular flexibility index (Phi) is 5.67. The van der Waals surface area contributed by atoms with Crippen molar-refractivity contribution in [2.24, 2.45) is 0 Å². The van der Waals surface area contributed by atoms with Crippen LogP contribution in [0, 0.1) is 0 Å². The van der Waals surface area contributed by atoms with Gasteiger partial charge in [-0.05, 0) is 30.5 Å². The molecule has 0 bridgehead atoms. The van der Waals surface area contributed by atoms with E-state index in [2.05, 4.69) is 15.3 Å². The summed E-state index contributed by atoms with van der Waals surface area (Å²) in [7, 11) is 0. The largest absolute Gasteiger partial charge is 0.448 e. The number of amides is 1. The van der Waals surface area contributed by atoms with Gasteiger partial charge in [0, 0.05) is 18.5 Å². The zero-order valence-corrected chi connectivity index (χ0v) is 15.1. The molecule has 0 radical (unpaired) electrons. The Morgan fingerprint density at radius 1 is 1.44 bits per heavy atom. The van der Waals surface area contributed by atoms with Crippen LogP contribution in [-0.4, -0.2) is 33.0 Å². The molecule has 1 amide bonds. The fourth-order valence-electron chi connectivity index (χ4n) is 2.17. The predicted molar refractivity (Wildman–Crippen MR) is 99.5 cm³/mol. The third-order valence-electron chi connectivity index (χ3n) is 3.30. The second-order valence-corrected chi connectivity index (χ2v) is 6.91. The van der Waals surface area contributed by atoms with E-state index in [0.717, 1.165) is 0 Å². The summed E-state index contributed by atoms with van der Waals surface area (Å²) >= 11 is 2.79. The van der Waals surface area contributed by atoms with Gasteiger partial charge in [0.2, 0.25) is 0 Å². The second kappa shape index (κ2) is 8.13. The number of ether oxygens (including phenoxy) is 1. The molecule has 3 aromatic heterocycles. The number of carbonyl (C=O) groups is 1. The van der Waals surface area contributed by atoms with Gasteiger partial charge in [-0.3, -0.25) is 19.7 Å². The molecule has 7 nitrogen and oxygen atoms in total. The normalized spacial score (nSPS) is 10.8. The van der Waals surface area contributed by atoms with E-state index in [1.807, 2.05) is 18.4 Å². The van der Waals surface area contributed by atoms with E-state index < -0.39 is 6.09 Å². The highest BCUT2D eigenvalue weighted by molar-refractivity contribution is 7.99. The minimum absolute atomic E-state index is 0.0276. The van der Waals surface area contributed by atoms with Gasteiger partial charge in [-0.25, -0.2) is 9.78 Å². The third kappa shape index (κ3) is 4.18. The number of thiophene rings is 1. The van der Waals surface area contributed by atoms with Crippen molar-refractivity contribution in [2.75, 3.05) is 17.7 Å². The number of anilines is 1. The summed E-state index contributed by atoms with van der Waals surface area (Å²) in [5, 5.41) is 5.09. The zero-order valence-electron chi connectivity index (χ0n) is 13.5. The van der Waals surface area contributed by atoms with E-state index in [4.69, 9.17) is 4.74 Å². The highest BCUT2D eigenvalue weighted by atomic mass is 32.2. The first-order valence-corrected chi connectivity index (χ1v) is 9.50. The number of hydrogen-bond donors (Lipinski definition) is 1. The van der Waals surface area contributed by atoms with Crippen LogP contribution in [0.1, 0.15) is 6.92 Å². The molecule has 0 fully saturated rings. The molecule has 0 unspecified atom stereocenters. The van der Waals surface area contributed by atoms with Gasteiger partial charge in [-0.2, -0.15) is 0 Å². The van der Waals surface area contributed by atoms with E-state index in [0.29, 0.717) is 33.4 Å². The maximum absolute atomic E-state index is 12.4. The molecule has 0 aliphatic carbocycles. The average molecular weight is 376 g/mol. The maximum atomic E-state index is 12.4. The molecule has 3 rings (SSSR count). The van der Waals surface area contributed by atoms with E-state index in [9.17, 15) is 9.59 Å². The van der Waals surface area contributed by atoms with Crippen LogP contribution < -0.4 is 10.9 Å². The Morgan fingerprint density at radius 3 is 3.08 bits per heavy atom. The number of nitrogens with one attached hydrogen (secondary N) is 1. The first kappa shape index (κ1) is 17.4. The first-order chi connectivity index (χ1) is 12.2. The lowest BCUT2D eigenvalue weighted by Crippen LogP contribution is -2.22. The van der Waals surface area contributed by atoms with E-state index in [1.54, 1.807) is 22.9 Å². The van der Waals surface area contributed by atoms with Gasteiger partial charge < -0.3 is 4.74 Å². The minimum Gasteiger partial charge on any atom is -0.448 e. The van der Waals surface area contributed by atoms with Crippen molar-refractivity contribution in [3.05, 3.63) is 46.3 Å². The molecule has 130 valence electrons. The van der Waals surface area contributed by atoms with Crippen LogP contribution in [0.5, 0.6) is 0 Å². The van der Waals surface area contributed by atoms with Crippen LogP contribution in [0.4, 0.5) is 10.5 Å². The lowest BCUT2D eigenvalue weighted by atomic mass is 10.4. The fourth-order valence-corrected chi connectivity index (χ4v) is 3.83. The summed E-state index contributed by atoms with van der Waals surface area (Å²) < 4.78 is 7.44. The van der Waals surface area contributed by atoms with Crippen molar-refractivity contribution in [1.29, 1.82) is 0 Å². The van der Waals surface area contributed by atoms with Gasteiger partial charge in [-0.1, -0.05) is 11.8 Å². The Balaban J connectivity index is 1.56. The van der Waals surface area contributed by atoms with E-state index in [1.165, 1.54) is 29.3 Å². The number of hydrogen-bond acceptors (Lipinski definition) is 7. The standard InChI is InChI=1S/C16H16N4O3S2/c1-2-20-14(21)13-12(5-8-24-13)19-15(20)25-9-7-23-16(22)18-11-4-3-6-17-10-11/h3-6,8,10H,2,7,9H2,1H3,(H,18,22). The van der Waals surface area contributed by atoms with E-state index >= 15 is 0 Å². The van der Waals surface area contributed by atoms with Gasteiger partial charge in [0.15, 0.2) is 5.16 Å². The molecular formula is C16H16N4O3S2. The van der Waals surface area contributed by atoms with Crippen LogP contribution in [-0.2, 0) is 11.3 Å². The molecule has 0 saturated heterocycles. The van der Waals surface area contributed by atoms with Crippen molar-refractivity contribution >= 4 is 45.1 Å². The van der Waals surface area contributed by atoms with Gasteiger partial charge in [0.25, 0.3) is 5.56 Å². The molecule has 0 aliphatic rings. The molecule has 0 spiro atoms. The van der Waals surface area contributed by atoms with Crippen LogP contribution in [0.15, 0.2) is 45.9 Å². The van der Waals surface area contributed by atoms with Crippen molar-refractivity contribution in [1.82, 2.24) is 14.5 Å². The monoisotopic (exact) mass is 376 g/mol. The second-order valence-electron chi connectivity index (χ2n) is 4.93. The number of rotatable bonds is 6. The quantitative estimate of drug-likeness (QED) is 0.404. The van der Waals surface area contributed by atoms with Gasteiger partial charge in [0.1, 0.15) is 11.3 Å². The summed E-state index contributed by atoms with van der Waals surface area (Å²) in [4.78, 5) is 32.5. The van der Waals surface area contributed by atoms with Crippen molar-refractivity contribution in [3.8, 4) is 0 Å². The number of aromatic nitrogens is 3. The summed E-state index contributed by atoms with van der Waals surface area (Å²) in [6, 6.07) is 5.29. The van der Waals surface area contributed by atoms with Gasteiger partial charge in [-0.15, -0.1) is 11.3 Å². The number of carbonyl (C=O) groups excluding carboxylic acids is 1. The molecule has 0 aromatic carbocycles. The van der Waals surface area contributed by atoms with Crippen molar-refractivity contribution in [3.63, 3.8) is 0 Å². The van der Waals surface area contributed by atoms with Crippen LogP contribution in [0.2, 0.25) is 0 Å². The molecule has 0 saturated carbocycles. The Hall–Kier alpha value is -2.39. The third-order valence-corrected chi connectivity index (χ3v) is 5.13. The summed E-state index contributed by atoms with van der Waals surface area (Å²) in [5.41, 5.74) is 1.25. The molecule has 3 aromatic rings. The van der Waals surface area contributed by atoms with Gasteiger partial charge >= 0.3 is 6.09 Å². The smallest absolute Gasteiger partial charge is 0.411 e. The SMILES string of the molecule is CCn1c(SCCOC(=O)Nc2cccnc2)nc2ccsc2c1=O. The predicted octanol–water partition coefficient (Wildman–Crippen LogP) is 3.21. The van der Waals surface area contributed by atoms with Gasteiger partial charge in [0.05, 0.1) is 17.4 Å². The first-order valence-electron chi connectivity index (χ1n) is 7.63. The lowest BCUT2D eigenvalue weighted by Gasteiger charge is -2.10. The van der Waals surface area contributed by atoms with Crippen LogP contribution >= 0.6 is 23.1 Å². The summed E-state index contributed by atoms with van der Waals surface area (Å²) in [6.07, 6.45) is 2.62. The molecule has 25 heavy (non-hydrogen) atoms. The molecular weight excluding hydrogens is 360 g/mol. The molecule has 0 aliphatic heterocycles. The van der Waals surface area contributed by atoms with E-state index in [-0.39, 0.29) is 12.2 Å².